The topological polar surface area (TPSA) is 44.7 Å². The van der Waals surface area contributed by atoms with Gasteiger partial charge in [0.15, 0.2) is 0 Å². The van der Waals surface area contributed by atoms with Crippen molar-refractivity contribution in [3.05, 3.63) is 22.7 Å². The molecule has 0 atom stereocenters. The zero-order chi connectivity index (χ0) is 13.0. The SMILES string of the molecule is COc1cc(O)c(CCN2CCNCC2)cc1Cl. The summed E-state index contributed by atoms with van der Waals surface area (Å²) >= 11 is 6.06. The Balaban J connectivity index is 1.98. The number of phenols is 1. The van der Waals surface area contributed by atoms with Gasteiger partial charge in [0.2, 0.25) is 0 Å². The van der Waals surface area contributed by atoms with Gasteiger partial charge < -0.3 is 20.1 Å². The third kappa shape index (κ3) is 3.28. The van der Waals surface area contributed by atoms with Gasteiger partial charge in [-0.05, 0) is 18.1 Å². The third-order valence-electron chi connectivity index (χ3n) is 3.26. The van der Waals surface area contributed by atoms with Crippen LogP contribution in [0.4, 0.5) is 0 Å². The van der Waals surface area contributed by atoms with Crippen LogP contribution in [0, 0.1) is 0 Å². The van der Waals surface area contributed by atoms with Crippen LogP contribution in [-0.2, 0) is 6.42 Å². The molecular formula is C13H19ClN2O2. The first-order valence-electron chi connectivity index (χ1n) is 6.19. The summed E-state index contributed by atoms with van der Waals surface area (Å²) in [7, 11) is 1.54. The fourth-order valence-electron chi connectivity index (χ4n) is 2.15. The van der Waals surface area contributed by atoms with Crippen LogP contribution in [0.3, 0.4) is 0 Å². The molecule has 0 unspecified atom stereocenters. The number of piperazine rings is 1. The molecule has 1 saturated heterocycles. The molecule has 2 rings (SSSR count). The van der Waals surface area contributed by atoms with E-state index in [4.69, 9.17) is 16.3 Å². The Morgan fingerprint density at radius 2 is 2.11 bits per heavy atom. The summed E-state index contributed by atoms with van der Waals surface area (Å²) in [6.07, 6.45) is 0.801. The van der Waals surface area contributed by atoms with Gasteiger partial charge in [0.1, 0.15) is 11.5 Å². The highest BCUT2D eigenvalue weighted by atomic mass is 35.5. The third-order valence-corrected chi connectivity index (χ3v) is 3.56. The van der Waals surface area contributed by atoms with Crippen molar-refractivity contribution >= 4 is 11.6 Å². The van der Waals surface area contributed by atoms with E-state index in [2.05, 4.69) is 10.2 Å². The molecule has 5 heteroatoms. The fourth-order valence-corrected chi connectivity index (χ4v) is 2.42. The van der Waals surface area contributed by atoms with Gasteiger partial charge in [-0.25, -0.2) is 0 Å². The molecule has 1 aliphatic heterocycles. The molecule has 0 amide bonds. The lowest BCUT2D eigenvalue weighted by Crippen LogP contribution is -2.44. The molecule has 0 radical (unpaired) electrons. The van der Waals surface area contributed by atoms with Crippen LogP contribution in [0.1, 0.15) is 5.56 Å². The summed E-state index contributed by atoms with van der Waals surface area (Å²) < 4.78 is 5.06. The molecule has 0 saturated carbocycles. The van der Waals surface area contributed by atoms with Crippen LogP contribution in [0.25, 0.3) is 0 Å². The molecule has 0 aromatic heterocycles. The molecule has 1 aromatic rings. The first kappa shape index (κ1) is 13.5. The Morgan fingerprint density at radius 3 is 2.78 bits per heavy atom. The zero-order valence-electron chi connectivity index (χ0n) is 10.6. The van der Waals surface area contributed by atoms with Crippen LogP contribution >= 0.6 is 11.6 Å². The molecule has 18 heavy (non-hydrogen) atoms. The largest absolute Gasteiger partial charge is 0.508 e. The summed E-state index contributed by atoms with van der Waals surface area (Å²) in [6, 6.07) is 3.37. The van der Waals surface area contributed by atoms with Crippen molar-refractivity contribution < 1.29 is 9.84 Å². The normalized spacial score (nSPS) is 16.8. The number of phenolic OH excluding ortho intramolecular Hbond substituents is 1. The maximum atomic E-state index is 9.91. The average Bonchev–Trinajstić information content (AvgIpc) is 2.40. The van der Waals surface area contributed by atoms with Gasteiger partial charge in [-0.2, -0.15) is 0 Å². The minimum Gasteiger partial charge on any atom is -0.508 e. The summed E-state index contributed by atoms with van der Waals surface area (Å²) in [5, 5.41) is 13.8. The molecule has 1 aliphatic rings. The van der Waals surface area contributed by atoms with Gasteiger partial charge in [0.25, 0.3) is 0 Å². The number of aromatic hydroxyl groups is 1. The fraction of sp³-hybridized carbons (Fsp3) is 0.538. The first-order chi connectivity index (χ1) is 8.70. The molecule has 2 N–H and O–H groups in total. The summed E-state index contributed by atoms with van der Waals surface area (Å²) in [5.41, 5.74) is 0.874. The van der Waals surface area contributed by atoms with Crippen molar-refractivity contribution in [2.45, 2.75) is 6.42 Å². The molecule has 0 aliphatic carbocycles. The maximum absolute atomic E-state index is 9.91. The smallest absolute Gasteiger partial charge is 0.141 e. The van der Waals surface area contributed by atoms with Crippen molar-refractivity contribution in [1.82, 2.24) is 10.2 Å². The number of rotatable bonds is 4. The van der Waals surface area contributed by atoms with E-state index < -0.39 is 0 Å². The number of hydrogen-bond donors (Lipinski definition) is 2. The van der Waals surface area contributed by atoms with Crippen molar-refractivity contribution in [2.75, 3.05) is 39.8 Å². The predicted octanol–water partition coefficient (Wildman–Crippen LogP) is 1.50. The van der Waals surface area contributed by atoms with E-state index in [1.807, 2.05) is 0 Å². The molecule has 100 valence electrons. The lowest BCUT2D eigenvalue weighted by Gasteiger charge is -2.27. The molecule has 0 bridgehead atoms. The number of hydrogen-bond acceptors (Lipinski definition) is 4. The Kier molecular flexibility index (Phi) is 4.69. The van der Waals surface area contributed by atoms with E-state index in [9.17, 15) is 5.11 Å². The second-order valence-corrected chi connectivity index (χ2v) is 4.86. The summed E-state index contributed by atoms with van der Waals surface area (Å²) in [4.78, 5) is 2.38. The highest BCUT2D eigenvalue weighted by Gasteiger charge is 2.12. The average molecular weight is 271 g/mol. The van der Waals surface area contributed by atoms with E-state index in [0.29, 0.717) is 10.8 Å². The lowest BCUT2D eigenvalue weighted by atomic mass is 10.1. The minimum absolute atomic E-state index is 0.256. The molecule has 0 spiro atoms. The molecular weight excluding hydrogens is 252 g/mol. The van der Waals surface area contributed by atoms with Gasteiger partial charge in [0, 0.05) is 38.8 Å². The Labute approximate surface area is 113 Å². The highest BCUT2D eigenvalue weighted by Crippen LogP contribution is 2.32. The van der Waals surface area contributed by atoms with Crippen molar-refractivity contribution in [1.29, 1.82) is 0 Å². The zero-order valence-corrected chi connectivity index (χ0v) is 11.3. The number of halogens is 1. The van der Waals surface area contributed by atoms with Gasteiger partial charge in [0.05, 0.1) is 12.1 Å². The highest BCUT2D eigenvalue weighted by molar-refractivity contribution is 6.32. The van der Waals surface area contributed by atoms with Crippen molar-refractivity contribution in [2.24, 2.45) is 0 Å². The second kappa shape index (κ2) is 6.27. The number of nitrogens with zero attached hydrogens (tertiary/aromatic N) is 1. The summed E-state index contributed by atoms with van der Waals surface area (Å²) in [5.74, 6) is 0.770. The van der Waals surface area contributed by atoms with E-state index in [1.54, 1.807) is 19.2 Å². The van der Waals surface area contributed by atoms with Crippen LogP contribution in [0.2, 0.25) is 5.02 Å². The van der Waals surface area contributed by atoms with Crippen LogP contribution < -0.4 is 10.1 Å². The lowest BCUT2D eigenvalue weighted by molar-refractivity contribution is 0.243. The molecule has 1 heterocycles. The molecule has 1 aromatic carbocycles. The van der Waals surface area contributed by atoms with Gasteiger partial charge in [-0.1, -0.05) is 11.6 Å². The van der Waals surface area contributed by atoms with Crippen LogP contribution in [0.15, 0.2) is 12.1 Å². The predicted molar refractivity (Wildman–Crippen MR) is 72.7 cm³/mol. The second-order valence-electron chi connectivity index (χ2n) is 4.46. The van der Waals surface area contributed by atoms with Crippen LogP contribution in [-0.4, -0.2) is 49.8 Å². The van der Waals surface area contributed by atoms with Gasteiger partial charge in [-0.15, -0.1) is 0 Å². The van der Waals surface area contributed by atoms with Crippen molar-refractivity contribution in [3.63, 3.8) is 0 Å². The minimum atomic E-state index is 0.256. The van der Waals surface area contributed by atoms with Crippen LogP contribution in [0.5, 0.6) is 11.5 Å². The van der Waals surface area contributed by atoms with Gasteiger partial charge >= 0.3 is 0 Å². The van der Waals surface area contributed by atoms with E-state index in [0.717, 1.165) is 44.7 Å². The van der Waals surface area contributed by atoms with E-state index >= 15 is 0 Å². The number of ether oxygens (including phenoxy) is 1. The monoisotopic (exact) mass is 270 g/mol. The molecule has 4 nitrogen and oxygen atoms in total. The number of methoxy groups -OCH3 is 1. The van der Waals surface area contributed by atoms with Crippen molar-refractivity contribution in [3.8, 4) is 11.5 Å². The van der Waals surface area contributed by atoms with E-state index in [-0.39, 0.29) is 5.75 Å². The Bertz CT molecular complexity index is 406. The summed E-state index contributed by atoms with van der Waals surface area (Å²) in [6.45, 7) is 5.14. The Morgan fingerprint density at radius 1 is 1.39 bits per heavy atom. The molecule has 1 fully saturated rings. The number of nitrogens with one attached hydrogen (secondary N) is 1. The number of benzene rings is 1. The maximum Gasteiger partial charge on any atom is 0.141 e. The quantitative estimate of drug-likeness (QED) is 0.870. The van der Waals surface area contributed by atoms with E-state index in [1.165, 1.54) is 0 Å². The Hall–Kier alpha value is -0.970. The first-order valence-corrected chi connectivity index (χ1v) is 6.57. The van der Waals surface area contributed by atoms with Gasteiger partial charge in [-0.3, -0.25) is 0 Å². The standard InChI is InChI=1S/C13H19ClN2O2/c1-18-13-9-12(17)10(8-11(13)14)2-5-16-6-3-15-4-7-16/h8-9,15,17H,2-7H2,1H3.